The number of halogens is 1. The average Bonchev–Trinajstić information content (AvgIpc) is 2.48. The van der Waals surface area contributed by atoms with E-state index in [2.05, 4.69) is 15.5 Å². The van der Waals surface area contributed by atoms with E-state index in [0.717, 1.165) is 19.3 Å². The summed E-state index contributed by atoms with van der Waals surface area (Å²) in [4.78, 5) is 16.2. The van der Waals surface area contributed by atoms with E-state index < -0.39 is 5.54 Å². The van der Waals surface area contributed by atoms with Crippen LogP contribution in [0.3, 0.4) is 0 Å². The Bertz CT molecular complexity index is 510. The van der Waals surface area contributed by atoms with Gasteiger partial charge in [-0.2, -0.15) is 0 Å². The van der Waals surface area contributed by atoms with E-state index in [4.69, 9.17) is 22.5 Å². The molecule has 0 radical (unpaired) electrons. The average molecular weight is 297 g/mol. The van der Waals surface area contributed by atoms with Gasteiger partial charge in [-0.15, -0.1) is 0 Å². The van der Waals surface area contributed by atoms with Crippen molar-refractivity contribution in [1.82, 2.24) is 10.3 Å². The highest BCUT2D eigenvalue weighted by Crippen LogP contribution is 2.28. The van der Waals surface area contributed by atoms with Crippen molar-refractivity contribution in [3.8, 4) is 0 Å². The standard InChI is InChI=1S/C13H17ClN4O2/c14-9-4-5-10(16-8-9)11(19)17-13(12(15)18-20)6-2-1-3-7-13/h4-5,8,20H,1-3,6-7H2,(H2,15,18)(H,17,19). The topological polar surface area (TPSA) is 101 Å². The third kappa shape index (κ3) is 3.01. The highest BCUT2D eigenvalue weighted by atomic mass is 35.5. The predicted octanol–water partition coefficient (Wildman–Crippen LogP) is 1.91. The van der Waals surface area contributed by atoms with Crippen molar-refractivity contribution in [2.75, 3.05) is 0 Å². The van der Waals surface area contributed by atoms with Gasteiger partial charge in [-0.05, 0) is 25.0 Å². The van der Waals surface area contributed by atoms with Crippen molar-refractivity contribution in [3.05, 3.63) is 29.0 Å². The number of nitrogens with two attached hydrogens (primary N) is 1. The third-order valence-corrected chi connectivity index (χ3v) is 3.84. The molecule has 0 aromatic carbocycles. The van der Waals surface area contributed by atoms with Crippen LogP contribution >= 0.6 is 11.6 Å². The lowest BCUT2D eigenvalue weighted by atomic mass is 9.80. The Morgan fingerprint density at radius 1 is 1.40 bits per heavy atom. The van der Waals surface area contributed by atoms with E-state index in [0.29, 0.717) is 17.9 Å². The van der Waals surface area contributed by atoms with Crippen molar-refractivity contribution in [1.29, 1.82) is 0 Å². The first-order valence-corrected chi connectivity index (χ1v) is 6.87. The number of rotatable bonds is 3. The molecule has 1 heterocycles. The monoisotopic (exact) mass is 296 g/mol. The van der Waals surface area contributed by atoms with Gasteiger partial charge in [-0.1, -0.05) is 36.0 Å². The Labute approximate surface area is 122 Å². The summed E-state index contributed by atoms with van der Waals surface area (Å²) in [5.74, 6) is -0.310. The first-order valence-electron chi connectivity index (χ1n) is 6.49. The van der Waals surface area contributed by atoms with Gasteiger partial charge in [0.1, 0.15) is 11.2 Å². The molecule has 6 nitrogen and oxygen atoms in total. The van der Waals surface area contributed by atoms with E-state index in [9.17, 15) is 4.79 Å². The number of amides is 1. The van der Waals surface area contributed by atoms with Gasteiger partial charge in [0.2, 0.25) is 0 Å². The maximum atomic E-state index is 12.2. The molecule has 1 aromatic heterocycles. The minimum Gasteiger partial charge on any atom is -0.409 e. The molecule has 0 saturated heterocycles. The quantitative estimate of drug-likeness (QED) is 0.343. The van der Waals surface area contributed by atoms with Gasteiger partial charge >= 0.3 is 0 Å². The fraction of sp³-hybridized carbons (Fsp3) is 0.462. The maximum Gasteiger partial charge on any atom is 0.270 e. The number of nitrogens with zero attached hydrogens (tertiary/aromatic N) is 2. The summed E-state index contributed by atoms with van der Waals surface area (Å²) < 4.78 is 0. The third-order valence-electron chi connectivity index (χ3n) is 3.62. The molecule has 0 bridgehead atoms. The molecule has 20 heavy (non-hydrogen) atoms. The normalized spacial score (nSPS) is 18.6. The first-order chi connectivity index (χ1) is 9.57. The minimum absolute atomic E-state index is 0.0412. The summed E-state index contributed by atoms with van der Waals surface area (Å²) in [6.07, 6.45) is 5.64. The van der Waals surface area contributed by atoms with Crippen LogP contribution in [0, 0.1) is 0 Å². The van der Waals surface area contributed by atoms with E-state index in [1.807, 2.05) is 0 Å². The van der Waals surface area contributed by atoms with Crippen LogP contribution in [0.25, 0.3) is 0 Å². The second-order valence-electron chi connectivity index (χ2n) is 4.94. The summed E-state index contributed by atoms with van der Waals surface area (Å²) >= 11 is 5.74. The molecule has 1 aliphatic carbocycles. The van der Waals surface area contributed by atoms with Gasteiger partial charge in [-0.3, -0.25) is 4.79 Å². The number of amidine groups is 1. The number of hydrogen-bond donors (Lipinski definition) is 3. The van der Waals surface area contributed by atoms with Crippen LogP contribution < -0.4 is 11.1 Å². The largest absolute Gasteiger partial charge is 0.409 e. The molecule has 0 unspecified atom stereocenters. The molecule has 108 valence electrons. The van der Waals surface area contributed by atoms with E-state index in [1.165, 1.54) is 6.20 Å². The summed E-state index contributed by atoms with van der Waals surface area (Å²) in [6.45, 7) is 0. The number of carbonyl (C=O) groups excluding carboxylic acids is 1. The predicted molar refractivity (Wildman–Crippen MR) is 75.9 cm³/mol. The van der Waals surface area contributed by atoms with Crippen molar-refractivity contribution in [2.45, 2.75) is 37.6 Å². The molecule has 0 aliphatic heterocycles. The van der Waals surface area contributed by atoms with E-state index >= 15 is 0 Å². The Balaban J connectivity index is 2.19. The molecule has 2 rings (SSSR count). The SMILES string of the molecule is NC(=NO)C1(NC(=O)c2ccc(Cl)cn2)CCCCC1. The molecule has 1 aliphatic rings. The summed E-state index contributed by atoms with van der Waals surface area (Å²) in [6, 6.07) is 3.14. The molecule has 1 aromatic rings. The maximum absolute atomic E-state index is 12.2. The zero-order valence-electron chi connectivity index (χ0n) is 11.0. The van der Waals surface area contributed by atoms with Crippen LogP contribution in [-0.4, -0.2) is 27.5 Å². The first kappa shape index (κ1) is 14.6. The smallest absolute Gasteiger partial charge is 0.270 e. The van der Waals surface area contributed by atoms with Gasteiger partial charge in [0.05, 0.1) is 5.02 Å². The number of oxime groups is 1. The second-order valence-corrected chi connectivity index (χ2v) is 5.38. The summed E-state index contributed by atoms with van der Waals surface area (Å²) in [5.41, 5.74) is 5.25. The minimum atomic E-state index is -0.786. The Morgan fingerprint density at radius 3 is 2.65 bits per heavy atom. The molecule has 1 amide bonds. The van der Waals surface area contributed by atoms with E-state index in [-0.39, 0.29) is 17.4 Å². The number of hydrogen-bond acceptors (Lipinski definition) is 4. The lowest BCUT2D eigenvalue weighted by molar-refractivity contribution is 0.0900. The molecule has 1 saturated carbocycles. The van der Waals surface area contributed by atoms with Crippen molar-refractivity contribution < 1.29 is 10.0 Å². The van der Waals surface area contributed by atoms with Crippen LogP contribution in [0.4, 0.5) is 0 Å². The van der Waals surface area contributed by atoms with Gasteiger partial charge in [-0.25, -0.2) is 4.98 Å². The molecule has 0 spiro atoms. The lowest BCUT2D eigenvalue weighted by Crippen LogP contribution is -2.58. The Hall–Kier alpha value is -1.82. The Kier molecular flexibility index (Phi) is 4.44. The molecule has 0 atom stereocenters. The molecule has 7 heteroatoms. The highest BCUT2D eigenvalue weighted by molar-refractivity contribution is 6.30. The van der Waals surface area contributed by atoms with Crippen molar-refractivity contribution in [2.24, 2.45) is 10.9 Å². The van der Waals surface area contributed by atoms with Crippen LogP contribution in [-0.2, 0) is 0 Å². The lowest BCUT2D eigenvalue weighted by Gasteiger charge is -2.36. The number of nitrogens with one attached hydrogen (secondary N) is 1. The van der Waals surface area contributed by atoms with Crippen LogP contribution in [0.2, 0.25) is 5.02 Å². The van der Waals surface area contributed by atoms with Gasteiger partial charge in [0.25, 0.3) is 5.91 Å². The number of carbonyl (C=O) groups is 1. The van der Waals surface area contributed by atoms with Crippen LogP contribution in [0.15, 0.2) is 23.5 Å². The molecular weight excluding hydrogens is 280 g/mol. The molecular formula is C13H17ClN4O2. The fourth-order valence-electron chi connectivity index (χ4n) is 2.49. The Morgan fingerprint density at radius 2 is 2.10 bits per heavy atom. The molecule has 1 fully saturated rings. The molecule has 4 N–H and O–H groups in total. The number of pyridine rings is 1. The highest BCUT2D eigenvalue weighted by Gasteiger charge is 2.38. The van der Waals surface area contributed by atoms with E-state index in [1.54, 1.807) is 12.1 Å². The van der Waals surface area contributed by atoms with Crippen LogP contribution in [0.5, 0.6) is 0 Å². The van der Waals surface area contributed by atoms with Crippen molar-refractivity contribution >= 4 is 23.3 Å². The summed E-state index contributed by atoms with van der Waals surface area (Å²) in [7, 11) is 0. The zero-order chi connectivity index (χ0) is 14.6. The van der Waals surface area contributed by atoms with Crippen molar-refractivity contribution in [3.63, 3.8) is 0 Å². The second kappa shape index (κ2) is 6.09. The summed E-state index contributed by atoms with van der Waals surface area (Å²) in [5, 5.41) is 15.4. The fourth-order valence-corrected chi connectivity index (χ4v) is 2.60. The van der Waals surface area contributed by atoms with Crippen LogP contribution in [0.1, 0.15) is 42.6 Å². The van der Waals surface area contributed by atoms with Gasteiger partial charge in [0.15, 0.2) is 5.84 Å². The van der Waals surface area contributed by atoms with Gasteiger partial charge < -0.3 is 16.3 Å². The zero-order valence-corrected chi connectivity index (χ0v) is 11.7. The number of aromatic nitrogens is 1. The van der Waals surface area contributed by atoms with Gasteiger partial charge in [0, 0.05) is 6.20 Å².